The molecular weight excluding hydrogens is 713 g/mol. The monoisotopic (exact) mass is 728 g/mol. The van der Waals surface area contributed by atoms with E-state index in [2.05, 4.69) is 72.7 Å². The van der Waals surface area contributed by atoms with Crippen LogP contribution in [0.15, 0.2) is 57.4 Å². The summed E-state index contributed by atoms with van der Waals surface area (Å²) in [5.74, 6) is 0.773. The van der Waals surface area contributed by atoms with Crippen molar-refractivity contribution >= 4 is 107 Å². The number of halogens is 4. The van der Waals surface area contributed by atoms with Gasteiger partial charge in [-0.3, -0.25) is 9.69 Å². The van der Waals surface area contributed by atoms with Gasteiger partial charge in [0, 0.05) is 11.0 Å². The molecule has 0 aliphatic carbocycles. The SMILES string of the molecule is C=CCOc1c(I)cc(/C=C2\SC(=Nc3ccc(Br)c(Cl)c3)N(CC)C2=O)cc1I. The van der Waals surface area contributed by atoms with Crippen molar-refractivity contribution in [2.75, 3.05) is 13.2 Å². The van der Waals surface area contributed by atoms with Gasteiger partial charge in [0.2, 0.25) is 0 Å². The van der Waals surface area contributed by atoms with E-state index in [0.29, 0.717) is 33.9 Å². The third kappa shape index (κ3) is 5.62. The summed E-state index contributed by atoms with van der Waals surface area (Å²) in [6, 6.07) is 9.47. The lowest BCUT2D eigenvalue weighted by Gasteiger charge is -2.12. The predicted molar refractivity (Wildman–Crippen MR) is 147 cm³/mol. The second-order valence-corrected chi connectivity index (χ2v) is 10.7. The number of ether oxygens (including phenoxy) is 1. The Labute approximate surface area is 220 Å². The van der Waals surface area contributed by atoms with Crippen molar-refractivity contribution in [3.63, 3.8) is 0 Å². The smallest absolute Gasteiger partial charge is 0.266 e. The first-order valence-electron chi connectivity index (χ1n) is 8.82. The summed E-state index contributed by atoms with van der Waals surface area (Å²) in [4.78, 5) is 19.9. The number of aliphatic imine (C=N–C) groups is 1. The number of hydrogen-bond donors (Lipinski definition) is 0. The molecular formula is C21H16BrClI2N2O2S. The molecule has 0 N–H and O–H groups in total. The Morgan fingerprint density at radius 2 is 2.00 bits per heavy atom. The van der Waals surface area contributed by atoms with Crippen LogP contribution in [0.2, 0.25) is 5.02 Å². The van der Waals surface area contributed by atoms with Crippen molar-refractivity contribution in [1.82, 2.24) is 4.90 Å². The normalized spacial score (nSPS) is 16.6. The fourth-order valence-electron chi connectivity index (χ4n) is 2.63. The highest BCUT2D eigenvalue weighted by molar-refractivity contribution is 14.1. The molecule has 1 saturated heterocycles. The zero-order valence-corrected chi connectivity index (χ0v) is 23.3. The van der Waals surface area contributed by atoms with E-state index in [0.717, 1.165) is 22.9 Å². The molecule has 0 spiro atoms. The number of amidine groups is 1. The van der Waals surface area contributed by atoms with Crippen molar-refractivity contribution in [1.29, 1.82) is 0 Å². The molecule has 0 unspecified atom stereocenters. The minimum absolute atomic E-state index is 0.0542. The first-order chi connectivity index (χ1) is 14.3. The fraction of sp³-hybridized carbons (Fsp3) is 0.143. The maximum Gasteiger partial charge on any atom is 0.266 e. The van der Waals surface area contributed by atoms with Crippen molar-refractivity contribution < 1.29 is 9.53 Å². The van der Waals surface area contributed by atoms with Crippen LogP contribution in [0.5, 0.6) is 5.75 Å². The number of likely N-dealkylation sites (N-methyl/N-ethyl adjacent to an activating group) is 1. The van der Waals surface area contributed by atoms with Gasteiger partial charge in [0.15, 0.2) is 5.17 Å². The first kappa shape index (κ1) is 24.1. The van der Waals surface area contributed by atoms with Gasteiger partial charge in [-0.05, 0) is 122 Å². The van der Waals surface area contributed by atoms with E-state index in [4.69, 9.17) is 16.3 Å². The minimum Gasteiger partial charge on any atom is -0.487 e. The van der Waals surface area contributed by atoms with Crippen molar-refractivity contribution in [2.24, 2.45) is 4.99 Å². The van der Waals surface area contributed by atoms with Crippen molar-refractivity contribution in [2.45, 2.75) is 6.92 Å². The summed E-state index contributed by atoms with van der Waals surface area (Å²) >= 11 is 15.4. The second kappa shape index (κ2) is 10.8. The highest BCUT2D eigenvalue weighted by Crippen LogP contribution is 2.36. The Hall–Kier alpha value is -0.560. The summed E-state index contributed by atoms with van der Waals surface area (Å²) in [7, 11) is 0. The zero-order chi connectivity index (χ0) is 21.8. The van der Waals surface area contributed by atoms with Gasteiger partial charge >= 0.3 is 0 Å². The van der Waals surface area contributed by atoms with Gasteiger partial charge in [-0.1, -0.05) is 24.3 Å². The fourth-order valence-corrected chi connectivity index (χ4v) is 6.24. The molecule has 0 atom stereocenters. The quantitative estimate of drug-likeness (QED) is 0.176. The molecule has 4 nitrogen and oxygen atoms in total. The maximum atomic E-state index is 12.9. The molecule has 2 aromatic carbocycles. The van der Waals surface area contributed by atoms with E-state index in [9.17, 15) is 4.79 Å². The van der Waals surface area contributed by atoms with Gasteiger partial charge in [0.1, 0.15) is 12.4 Å². The summed E-state index contributed by atoms with van der Waals surface area (Å²) in [5, 5.41) is 1.22. The van der Waals surface area contributed by atoms with Gasteiger partial charge in [-0.25, -0.2) is 4.99 Å². The number of benzene rings is 2. The van der Waals surface area contributed by atoms with E-state index in [-0.39, 0.29) is 5.91 Å². The molecule has 0 aromatic heterocycles. The molecule has 1 aliphatic heterocycles. The van der Waals surface area contributed by atoms with Crippen LogP contribution in [-0.4, -0.2) is 29.1 Å². The molecule has 1 amide bonds. The molecule has 9 heteroatoms. The van der Waals surface area contributed by atoms with Crippen LogP contribution in [0.4, 0.5) is 5.69 Å². The molecule has 1 heterocycles. The molecule has 0 radical (unpaired) electrons. The van der Waals surface area contributed by atoms with E-state index < -0.39 is 0 Å². The summed E-state index contributed by atoms with van der Waals surface area (Å²) in [6.45, 7) is 6.61. The van der Waals surface area contributed by atoms with Crippen LogP contribution in [0.25, 0.3) is 6.08 Å². The van der Waals surface area contributed by atoms with Gasteiger partial charge in [-0.2, -0.15) is 0 Å². The van der Waals surface area contributed by atoms with Crippen LogP contribution < -0.4 is 4.74 Å². The summed E-state index contributed by atoms with van der Waals surface area (Å²) in [5.41, 5.74) is 1.64. The topological polar surface area (TPSA) is 41.9 Å². The molecule has 30 heavy (non-hydrogen) atoms. The number of carbonyl (C=O) groups is 1. The molecule has 3 rings (SSSR count). The number of hydrogen-bond acceptors (Lipinski definition) is 4. The van der Waals surface area contributed by atoms with E-state index in [1.807, 2.05) is 37.3 Å². The number of amides is 1. The summed E-state index contributed by atoms with van der Waals surface area (Å²) < 4.78 is 8.50. The average molecular weight is 730 g/mol. The molecule has 156 valence electrons. The predicted octanol–water partition coefficient (Wildman–Crippen LogP) is 7.50. The Kier molecular flexibility index (Phi) is 8.71. The van der Waals surface area contributed by atoms with Gasteiger partial charge < -0.3 is 4.74 Å². The molecule has 0 saturated carbocycles. The van der Waals surface area contributed by atoms with Gasteiger partial charge in [-0.15, -0.1) is 0 Å². The Bertz CT molecular complexity index is 1050. The van der Waals surface area contributed by atoms with Crippen LogP contribution in [0, 0.1) is 7.14 Å². The van der Waals surface area contributed by atoms with Crippen LogP contribution >= 0.6 is 84.5 Å². The standard InChI is InChI=1S/C21H16BrClI2N2O2S/c1-3-7-29-19-16(24)8-12(9-17(19)25)10-18-20(28)27(4-2)21(30-18)26-13-5-6-14(22)15(23)11-13/h3,5-6,8-11H,1,4,7H2,2H3/b18-10-,26-21?. The number of rotatable bonds is 6. The molecule has 1 fully saturated rings. The minimum atomic E-state index is -0.0542. The highest BCUT2D eigenvalue weighted by Gasteiger charge is 2.32. The number of carbonyl (C=O) groups excluding carboxylic acids is 1. The Morgan fingerprint density at radius 1 is 1.30 bits per heavy atom. The Balaban J connectivity index is 1.92. The van der Waals surface area contributed by atoms with Crippen molar-refractivity contribution in [3.05, 3.63) is 70.1 Å². The van der Waals surface area contributed by atoms with Crippen LogP contribution in [-0.2, 0) is 4.79 Å². The van der Waals surface area contributed by atoms with E-state index in [1.54, 1.807) is 17.0 Å². The molecule has 1 aliphatic rings. The Morgan fingerprint density at radius 3 is 2.60 bits per heavy atom. The maximum absolute atomic E-state index is 12.9. The lowest BCUT2D eigenvalue weighted by atomic mass is 10.2. The highest BCUT2D eigenvalue weighted by atomic mass is 127. The van der Waals surface area contributed by atoms with Crippen molar-refractivity contribution in [3.8, 4) is 5.75 Å². The zero-order valence-electron chi connectivity index (χ0n) is 15.8. The lowest BCUT2D eigenvalue weighted by Crippen LogP contribution is -2.28. The van der Waals surface area contributed by atoms with E-state index in [1.165, 1.54) is 11.8 Å². The number of thioether (sulfide) groups is 1. The van der Waals surface area contributed by atoms with Crippen LogP contribution in [0.3, 0.4) is 0 Å². The first-order valence-corrected chi connectivity index (χ1v) is 13.0. The van der Waals surface area contributed by atoms with Crippen LogP contribution in [0.1, 0.15) is 12.5 Å². The van der Waals surface area contributed by atoms with E-state index >= 15 is 0 Å². The number of nitrogens with zero attached hydrogens (tertiary/aromatic N) is 2. The second-order valence-electron chi connectivity index (χ2n) is 6.07. The lowest BCUT2D eigenvalue weighted by molar-refractivity contribution is -0.122. The molecule has 0 bridgehead atoms. The summed E-state index contributed by atoms with van der Waals surface area (Å²) in [6.07, 6.45) is 3.61. The molecule has 2 aromatic rings. The third-order valence-corrected chi connectivity index (χ3v) is 7.84. The van der Waals surface area contributed by atoms with Gasteiger partial charge in [0.05, 0.1) is 22.8 Å². The average Bonchev–Trinajstić information content (AvgIpc) is 2.98. The third-order valence-electron chi connectivity index (χ3n) is 4.00. The van der Waals surface area contributed by atoms with Gasteiger partial charge in [0.25, 0.3) is 5.91 Å². The largest absolute Gasteiger partial charge is 0.487 e.